The van der Waals surface area contributed by atoms with E-state index in [0.717, 1.165) is 16.0 Å². The minimum atomic E-state index is -0.297. The Balaban J connectivity index is 2.07. The summed E-state index contributed by atoms with van der Waals surface area (Å²) >= 11 is 13.8. The van der Waals surface area contributed by atoms with Crippen LogP contribution in [0.4, 0.5) is 0 Å². The molecule has 25 heavy (non-hydrogen) atoms. The van der Waals surface area contributed by atoms with E-state index in [0.29, 0.717) is 21.5 Å². The van der Waals surface area contributed by atoms with Gasteiger partial charge in [0.15, 0.2) is 0 Å². The second kappa shape index (κ2) is 8.05. The lowest BCUT2D eigenvalue weighted by Gasteiger charge is -2.17. The maximum atomic E-state index is 12.0. The molecule has 0 aliphatic heterocycles. The molecule has 5 heteroatoms. The van der Waals surface area contributed by atoms with E-state index in [2.05, 4.69) is 0 Å². The Morgan fingerprint density at radius 3 is 2.12 bits per heavy atom. The molecule has 0 spiro atoms. The van der Waals surface area contributed by atoms with Gasteiger partial charge in [-0.3, -0.25) is 0 Å². The van der Waals surface area contributed by atoms with Gasteiger partial charge in [-0.15, -0.1) is 11.3 Å². The highest BCUT2D eigenvalue weighted by Gasteiger charge is 2.21. The van der Waals surface area contributed by atoms with Gasteiger partial charge in [0, 0.05) is 20.8 Å². The van der Waals surface area contributed by atoms with Crippen LogP contribution >= 0.6 is 34.5 Å². The van der Waals surface area contributed by atoms with E-state index in [1.54, 1.807) is 13.0 Å². The van der Waals surface area contributed by atoms with Crippen molar-refractivity contribution in [3.05, 3.63) is 91.6 Å². The van der Waals surface area contributed by atoms with Crippen molar-refractivity contribution in [1.82, 2.24) is 0 Å². The molecule has 2 aromatic carbocycles. The largest absolute Gasteiger partial charge is 0.462 e. The summed E-state index contributed by atoms with van der Waals surface area (Å²) in [7, 11) is 0. The summed E-state index contributed by atoms with van der Waals surface area (Å²) in [6.07, 6.45) is 0. The summed E-state index contributed by atoms with van der Waals surface area (Å²) in [6.45, 7) is 2.16. The maximum Gasteiger partial charge on any atom is 0.348 e. The smallest absolute Gasteiger partial charge is 0.348 e. The summed E-state index contributed by atoms with van der Waals surface area (Å²) in [6, 6.07) is 19.3. The Kier molecular flexibility index (Phi) is 5.79. The van der Waals surface area contributed by atoms with Gasteiger partial charge in [0.25, 0.3) is 0 Å². The molecule has 0 aliphatic rings. The highest BCUT2D eigenvalue weighted by molar-refractivity contribution is 7.14. The van der Waals surface area contributed by atoms with Crippen molar-refractivity contribution in [3.8, 4) is 0 Å². The molecule has 0 amide bonds. The van der Waals surface area contributed by atoms with Gasteiger partial charge in [-0.05, 0) is 54.4 Å². The summed E-state index contributed by atoms with van der Waals surface area (Å²) < 4.78 is 5.10. The van der Waals surface area contributed by atoms with Crippen LogP contribution in [0.2, 0.25) is 10.0 Å². The third-order valence-corrected chi connectivity index (χ3v) is 5.35. The normalized spacial score (nSPS) is 10.9. The predicted octanol–water partition coefficient (Wildman–Crippen LogP) is 6.41. The average molecular weight is 391 g/mol. The second-order valence-corrected chi connectivity index (χ2v) is 7.45. The van der Waals surface area contributed by atoms with E-state index in [4.69, 9.17) is 27.9 Å². The first kappa shape index (κ1) is 18.0. The van der Waals surface area contributed by atoms with Crippen LogP contribution < -0.4 is 0 Å². The van der Waals surface area contributed by atoms with Crippen LogP contribution in [0.15, 0.2) is 60.7 Å². The number of hydrogen-bond acceptors (Lipinski definition) is 3. The molecular formula is C20H16Cl2O2S. The lowest BCUT2D eigenvalue weighted by molar-refractivity contribution is 0.0532. The van der Waals surface area contributed by atoms with Crippen molar-refractivity contribution in [2.24, 2.45) is 0 Å². The molecule has 3 aromatic rings. The van der Waals surface area contributed by atoms with Crippen molar-refractivity contribution in [1.29, 1.82) is 0 Å². The first-order valence-electron chi connectivity index (χ1n) is 7.86. The van der Waals surface area contributed by atoms with Gasteiger partial charge in [0.05, 0.1) is 6.61 Å². The molecule has 0 radical (unpaired) electrons. The lowest BCUT2D eigenvalue weighted by atomic mass is 9.90. The van der Waals surface area contributed by atoms with Gasteiger partial charge in [-0.2, -0.15) is 0 Å². The van der Waals surface area contributed by atoms with Crippen molar-refractivity contribution in [2.45, 2.75) is 12.8 Å². The van der Waals surface area contributed by atoms with Gasteiger partial charge >= 0.3 is 5.97 Å². The van der Waals surface area contributed by atoms with Crippen LogP contribution in [0.25, 0.3) is 0 Å². The highest BCUT2D eigenvalue weighted by atomic mass is 35.5. The third kappa shape index (κ3) is 4.24. The fourth-order valence-corrected chi connectivity index (χ4v) is 4.17. The van der Waals surface area contributed by atoms with Crippen molar-refractivity contribution >= 4 is 40.5 Å². The number of carbonyl (C=O) groups excluding carboxylic acids is 1. The number of ether oxygens (including phenoxy) is 1. The molecule has 128 valence electrons. The molecule has 0 aliphatic carbocycles. The zero-order valence-corrected chi connectivity index (χ0v) is 15.9. The number of benzene rings is 2. The lowest BCUT2D eigenvalue weighted by Crippen LogP contribution is -2.02. The highest BCUT2D eigenvalue weighted by Crippen LogP contribution is 2.37. The van der Waals surface area contributed by atoms with Crippen LogP contribution in [0.3, 0.4) is 0 Å². The summed E-state index contributed by atoms with van der Waals surface area (Å²) in [4.78, 5) is 13.6. The molecule has 0 saturated carbocycles. The van der Waals surface area contributed by atoms with Gasteiger partial charge in [-0.25, -0.2) is 4.79 Å². The fourth-order valence-electron chi connectivity index (χ4n) is 2.71. The monoisotopic (exact) mass is 390 g/mol. The predicted molar refractivity (Wildman–Crippen MR) is 104 cm³/mol. The standard InChI is InChI=1S/C20H16Cl2O2S/c1-2-24-20(23)18-10-9-17(25-18)19(13-5-3-7-15(21)11-13)14-6-4-8-16(22)12-14/h3-12,19H,2H2,1H3. The minimum Gasteiger partial charge on any atom is -0.462 e. The zero-order chi connectivity index (χ0) is 17.8. The molecule has 1 heterocycles. The number of hydrogen-bond donors (Lipinski definition) is 0. The summed E-state index contributed by atoms with van der Waals surface area (Å²) in [5.74, 6) is -0.347. The Bertz CT molecular complexity index is 843. The van der Waals surface area contributed by atoms with Gasteiger partial charge < -0.3 is 4.74 Å². The van der Waals surface area contributed by atoms with Gasteiger partial charge in [0.2, 0.25) is 0 Å². The number of thiophene rings is 1. The first-order chi connectivity index (χ1) is 12.1. The molecule has 0 bridgehead atoms. The van der Waals surface area contributed by atoms with E-state index in [-0.39, 0.29) is 11.9 Å². The van der Waals surface area contributed by atoms with Crippen molar-refractivity contribution in [3.63, 3.8) is 0 Å². The molecule has 2 nitrogen and oxygen atoms in total. The average Bonchev–Trinajstić information content (AvgIpc) is 3.05. The number of rotatable bonds is 5. The molecule has 3 rings (SSSR count). The maximum absolute atomic E-state index is 12.0. The minimum absolute atomic E-state index is 0.0504. The van der Waals surface area contributed by atoms with Gasteiger partial charge in [0.1, 0.15) is 4.88 Å². The van der Waals surface area contributed by atoms with Crippen LogP contribution in [-0.2, 0) is 4.74 Å². The number of esters is 1. The Morgan fingerprint density at radius 2 is 1.60 bits per heavy atom. The second-order valence-electron chi connectivity index (χ2n) is 5.47. The molecule has 0 unspecified atom stereocenters. The van der Waals surface area contributed by atoms with E-state index in [9.17, 15) is 4.79 Å². The van der Waals surface area contributed by atoms with E-state index < -0.39 is 0 Å². The zero-order valence-electron chi connectivity index (χ0n) is 13.5. The molecule has 1 aromatic heterocycles. The van der Waals surface area contributed by atoms with Crippen LogP contribution in [0.5, 0.6) is 0 Å². The summed E-state index contributed by atoms with van der Waals surface area (Å²) in [5, 5.41) is 1.35. The Morgan fingerprint density at radius 1 is 1.00 bits per heavy atom. The summed E-state index contributed by atoms with van der Waals surface area (Å²) in [5.41, 5.74) is 2.10. The Labute approximate surface area is 161 Å². The number of halogens is 2. The SMILES string of the molecule is CCOC(=O)c1ccc(C(c2cccc(Cl)c2)c2cccc(Cl)c2)s1. The molecule has 0 N–H and O–H groups in total. The van der Waals surface area contributed by atoms with E-state index in [1.807, 2.05) is 54.6 Å². The quantitative estimate of drug-likeness (QED) is 0.470. The molecule has 0 fully saturated rings. The first-order valence-corrected chi connectivity index (χ1v) is 9.43. The topological polar surface area (TPSA) is 26.3 Å². The third-order valence-electron chi connectivity index (χ3n) is 3.75. The van der Waals surface area contributed by atoms with Crippen molar-refractivity contribution < 1.29 is 9.53 Å². The van der Waals surface area contributed by atoms with Crippen LogP contribution in [-0.4, -0.2) is 12.6 Å². The van der Waals surface area contributed by atoms with Crippen LogP contribution in [0, 0.1) is 0 Å². The van der Waals surface area contributed by atoms with E-state index >= 15 is 0 Å². The van der Waals surface area contributed by atoms with Gasteiger partial charge in [-0.1, -0.05) is 47.5 Å². The van der Waals surface area contributed by atoms with E-state index in [1.165, 1.54) is 11.3 Å². The molecular weight excluding hydrogens is 375 g/mol. The Hall–Kier alpha value is -1.81. The van der Waals surface area contributed by atoms with Crippen molar-refractivity contribution in [2.75, 3.05) is 6.61 Å². The number of carbonyl (C=O) groups is 1. The molecule has 0 saturated heterocycles. The molecule has 0 atom stereocenters. The fraction of sp³-hybridized carbons (Fsp3) is 0.150. The van der Waals surface area contributed by atoms with Crippen LogP contribution in [0.1, 0.15) is 38.5 Å².